The Bertz CT molecular complexity index is 414. The van der Waals surface area contributed by atoms with Gasteiger partial charge in [0.05, 0.1) is 18.7 Å². The summed E-state index contributed by atoms with van der Waals surface area (Å²) < 4.78 is 11.9. The van der Waals surface area contributed by atoms with Gasteiger partial charge in [-0.3, -0.25) is 0 Å². The first kappa shape index (κ1) is 12.7. The SMILES string of the molecule is COc1cc(C)c(OC)c(Br)c1C1CCCN1. The summed E-state index contributed by atoms with van der Waals surface area (Å²) >= 11 is 3.65. The predicted molar refractivity (Wildman–Crippen MR) is 72.0 cm³/mol. The summed E-state index contributed by atoms with van der Waals surface area (Å²) in [6, 6.07) is 2.40. The topological polar surface area (TPSA) is 30.5 Å². The van der Waals surface area contributed by atoms with Crippen molar-refractivity contribution in [1.29, 1.82) is 0 Å². The van der Waals surface area contributed by atoms with Gasteiger partial charge in [-0.1, -0.05) is 0 Å². The van der Waals surface area contributed by atoms with Crippen molar-refractivity contribution in [3.63, 3.8) is 0 Å². The Balaban J connectivity index is 2.53. The molecule has 1 atom stereocenters. The molecule has 0 spiro atoms. The van der Waals surface area contributed by atoms with Gasteiger partial charge in [-0.05, 0) is 53.9 Å². The van der Waals surface area contributed by atoms with Crippen molar-refractivity contribution in [1.82, 2.24) is 5.32 Å². The normalized spacial score (nSPS) is 19.4. The second-order valence-electron chi connectivity index (χ2n) is 4.31. The molecular weight excluding hydrogens is 282 g/mol. The van der Waals surface area contributed by atoms with Crippen LogP contribution < -0.4 is 14.8 Å². The lowest BCUT2D eigenvalue weighted by molar-refractivity contribution is 0.388. The highest BCUT2D eigenvalue weighted by atomic mass is 79.9. The van der Waals surface area contributed by atoms with E-state index in [4.69, 9.17) is 9.47 Å². The highest BCUT2D eigenvalue weighted by Crippen LogP contribution is 2.43. The first-order valence-corrected chi connectivity index (χ1v) is 6.62. The van der Waals surface area contributed by atoms with Gasteiger partial charge in [0.15, 0.2) is 0 Å². The molecule has 1 aromatic rings. The molecular formula is C13H18BrNO2. The number of halogens is 1. The largest absolute Gasteiger partial charge is 0.496 e. The lowest BCUT2D eigenvalue weighted by Gasteiger charge is -2.20. The average Bonchev–Trinajstić information content (AvgIpc) is 2.82. The molecule has 1 aliphatic rings. The van der Waals surface area contributed by atoms with Crippen molar-refractivity contribution in [3.05, 3.63) is 21.7 Å². The zero-order chi connectivity index (χ0) is 12.4. The monoisotopic (exact) mass is 299 g/mol. The number of hydrogen-bond acceptors (Lipinski definition) is 3. The molecule has 17 heavy (non-hydrogen) atoms. The van der Waals surface area contributed by atoms with Crippen LogP contribution in [0, 0.1) is 6.92 Å². The van der Waals surface area contributed by atoms with Crippen LogP contribution >= 0.6 is 15.9 Å². The van der Waals surface area contributed by atoms with Crippen molar-refractivity contribution in [2.45, 2.75) is 25.8 Å². The molecule has 3 nitrogen and oxygen atoms in total. The Labute approximate surface area is 111 Å². The molecule has 1 fully saturated rings. The first-order chi connectivity index (χ1) is 8.19. The second kappa shape index (κ2) is 5.27. The van der Waals surface area contributed by atoms with Crippen molar-refractivity contribution < 1.29 is 9.47 Å². The first-order valence-electron chi connectivity index (χ1n) is 5.83. The second-order valence-corrected chi connectivity index (χ2v) is 5.10. The number of aryl methyl sites for hydroxylation is 1. The quantitative estimate of drug-likeness (QED) is 0.930. The van der Waals surface area contributed by atoms with E-state index >= 15 is 0 Å². The summed E-state index contributed by atoms with van der Waals surface area (Å²) in [5.74, 6) is 1.82. The van der Waals surface area contributed by atoms with E-state index in [1.165, 1.54) is 12.0 Å². The van der Waals surface area contributed by atoms with E-state index in [1.54, 1.807) is 14.2 Å². The summed E-state index contributed by atoms with van der Waals surface area (Å²) in [6.45, 7) is 3.09. The van der Waals surface area contributed by atoms with E-state index in [-0.39, 0.29) is 0 Å². The highest BCUT2D eigenvalue weighted by Gasteiger charge is 2.25. The number of nitrogens with one attached hydrogen (secondary N) is 1. The third-order valence-electron chi connectivity index (χ3n) is 3.24. The summed E-state index contributed by atoms with van der Waals surface area (Å²) in [7, 11) is 3.41. The van der Waals surface area contributed by atoms with Crippen molar-refractivity contribution in [2.75, 3.05) is 20.8 Å². The van der Waals surface area contributed by atoms with Crippen LogP contribution in [0.3, 0.4) is 0 Å². The molecule has 0 saturated carbocycles. The van der Waals surface area contributed by atoms with Crippen LogP contribution in [-0.4, -0.2) is 20.8 Å². The van der Waals surface area contributed by atoms with Crippen LogP contribution in [0.2, 0.25) is 0 Å². The van der Waals surface area contributed by atoms with Crippen molar-refractivity contribution in [2.24, 2.45) is 0 Å². The number of rotatable bonds is 3. The van der Waals surface area contributed by atoms with E-state index in [0.29, 0.717) is 6.04 Å². The minimum absolute atomic E-state index is 0.355. The van der Waals surface area contributed by atoms with Gasteiger partial charge in [0.2, 0.25) is 0 Å². The molecule has 1 aliphatic heterocycles. The fourth-order valence-corrected chi connectivity index (χ4v) is 3.36. The van der Waals surface area contributed by atoms with E-state index in [2.05, 4.69) is 21.2 Å². The van der Waals surface area contributed by atoms with Gasteiger partial charge < -0.3 is 14.8 Å². The number of hydrogen-bond donors (Lipinski definition) is 1. The van der Waals surface area contributed by atoms with Crippen LogP contribution in [-0.2, 0) is 0 Å². The summed E-state index contributed by atoms with van der Waals surface area (Å²) in [5, 5.41) is 3.49. The smallest absolute Gasteiger partial charge is 0.136 e. The standard InChI is InChI=1S/C13H18BrNO2/c1-8-7-10(16-2)11(9-5-4-6-15-9)12(14)13(8)17-3/h7,9,15H,4-6H2,1-3H3. The van der Waals surface area contributed by atoms with E-state index in [0.717, 1.165) is 34.5 Å². The van der Waals surface area contributed by atoms with Gasteiger partial charge in [0.1, 0.15) is 11.5 Å². The molecule has 2 rings (SSSR count). The molecule has 0 aromatic heterocycles. The Hall–Kier alpha value is -0.740. The van der Waals surface area contributed by atoms with E-state index in [1.807, 2.05) is 13.0 Å². The molecule has 1 N–H and O–H groups in total. The van der Waals surface area contributed by atoms with Gasteiger partial charge in [-0.2, -0.15) is 0 Å². The molecule has 0 radical (unpaired) electrons. The highest BCUT2D eigenvalue weighted by molar-refractivity contribution is 9.10. The Morgan fingerprint density at radius 1 is 1.35 bits per heavy atom. The Morgan fingerprint density at radius 3 is 2.65 bits per heavy atom. The summed E-state index contributed by atoms with van der Waals surface area (Å²) in [5.41, 5.74) is 2.26. The maximum atomic E-state index is 5.49. The van der Waals surface area contributed by atoms with Crippen LogP contribution in [0.1, 0.15) is 30.0 Å². The fraction of sp³-hybridized carbons (Fsp3) is 0.538. The molecule has 0 bridgehead atoms. The maximum Gasteiger partial charge on any atom is 0.136 e. The number of methoxy groups -OCH3 is 2. The molecule has 0 aliphatic carbocycles. The van der Waals surface area contributed by atoms with Gasteiger partial charge in [-0.25, -0.2) is 0 Å². The van der Waals surface area contributed by atoms with Crippen LogP contribution in [0.25, 0.3) is 0 Å². The third kappa shape index (κ3) is 2.29. The third-order valence-corrected chi connectivity index (χ3v) is 4.03. The number of benzene rings is 1. The van der Waals surface area contributed by atoms with Gasteiger partial charge in [0.25, 0.3) is 0 Å². The van der Waals surface area contributed by atoms with Gasteiger partial charge in [0, 0.05) is 11.6 Å². The Kier molecular flexibility index (Phi) is 3.94. The molecule has 1 aromatic carbocycles. The molecule has 94 valence electrons. The fourth-order valence-electron chi connectivity index (χ4n) is 2.42. The van der Waals surface area contributed by atoms with Crippen molar-refractivity contribution in [3.8, 4) is 11.5 Å². The maximum absolute atomic E-state index is 5.49. The van der Waals surface area contributed by atoms with Crippen molar-refractivity contribution >= 4 is 15.9 Å². The molecule has 1 unspecified atom stereocenters. The number of ether oxygens (including phenoxy) is 2. The minimum atomic E-state index is 0.355. The average molecular weight is 300 g/mol. The zero-order valence-electron chi connectivity index (χ0n) is 10.5. The van der Waals surface area contributed by atoms with E-state index < -0.39 is 0 Å². The van der Waals surface area contributed by atoms with Crippen LogP contribution in [0.15, 0.2) is 10.5 Å². The lowest BCUT2D eigenvalue weighted by atomic mass is 10.0. The van der Waals surface area contributed by atoms with E-state index in [9.17, 15) is 0 Å². The molecule has 1 heterocycles. The molecule has 4 heteroatoms. The van der Waals surface area contributed by atoms with Crippen LogP contribution in [0.5, 0.6) is 11.5 Å². The lowest BCUT2D eigenvalue weighted by Crippen LogP contribution is -2.15. The molecule has 1 saturated heterocycles. The van der Waals surface area contributed by atoms with Gasteiger partial charge >= 0.3 is 0 Å². The van der Waals surface area contributed by atoms with Crippen LogP contribution in [0.4, 0.5) is 0 Å². The Morgan fingerprint density at radius 2 is 2.12 bits per heavy atom. The zero-order valence-corrected chi connectivity index (χ0v) is 12.1. The predicted octanol–water partition coefficient (Wildman–Crippen LogP) is 3.20. The summed E-state index contributed by atoms with van der Waals surface area (Å²) in [4.78, 5) is 0. The van der Waals surface area contributed by atoms with Gasteiger partial charge in [-0.15, -0.1) is 0 Å². The minimum Gasteiger partial charge on any atom is -0.496 e. The summed E-state index contributed by atoms with van der Waals surface area (Å²) in [6.07, 6.45) is 2.34. The molecule has 0 amide bonds.